The minimum Gasteiger partial charge on any atom is -0.379 e. The maximum atomic E-state index is 12.1. The Morgan fingerprint density at radius 2 is 2.12 bits per heavy atom. The molecule has 25 heavy (non-hydrogen) atoms. The molecule has 1 aliphatic rings. The topological polar surface area (TPSA) is 69.2 Å². The van der Waals surface area contributed by atoms with Gasteiger partial charge in [0, 0.05) is 37.8 Å². The highest BCUT2D eigenvalue weighted by Gasteiger charge is 2.24. The highest BCUT2D eigenvalue weighted by atomic mass is 16.5. The number of nitrogens with one attached hydrogen (secondary N) is 2. The molecule has 7 nitrogen and oxygen atoms in total. The lowest BCUT2D eigenvalue weighted by Gasteiger charge is -2.37. The average Bonchev–Trinajstić information content (AvgIpc) is 2.49. The van der Waals surface area contributed by atoms with Crippen molar-refractivity contribution in [3.8, 4) is 0 Å². The van der Waals surface area contributed by atoms with Crippen LogP contribution in [0.2, 0.25) is 0 Å². The van der Waals surface area contributed by atoms with Crippen LogP contribution in [0, 0.1) is 0 Å². The number of carbonyl (C=O) groups is 1. The van der Waals surface area contributed by atoms with Crippen LogP contribution in [-0.4, -0.2) is 85.7 Å². The van der Waals surface area contributed by atoms with E-state index in [1.807, 2.05) is 39.6 Å². The molecule has 0 aromatic rings. The van der Waals surface area contributed by atoms with E-state index < -0.39 is 0 Å². The van der Waals surface area contributed by atoms with Gasteiger partial charge in [0.15, 0.2) is 5.96 Å². The largest absolute Gasteiger partial charge is 0.379 e. The Morgan fingerprint density at radius 1 is 1.44 bits per heavy atom. The summed E-state index contributed by atoms with van der Waals surface area (Å²) in [6.07, 6.45) is 0. The zero-order chi connectivity index (χ0) is 19.0. The Balaban J connectivity index is 2.64. The van der Waals surface area contributed by atoms with E-state index in [2.05, 4.69) is 29.4 Å². The van der Waals surface area contributed by atoms with Gasteiger partial charge in [-0.25, -0.2) is 0 Å². The van der Waals surface area contributed by atoms with Crippen LogP contribution in [0.25, 0.3) is 0 Å². The monoisotopic (exact) mass is 355 g/mol. The van der Waals surface area contributed by atoms with Gasteiger partial charge < -0.3 is 20.3 Å². The van der Waals surface area contributed by atoms with Crippen molar-refractivity contribution in [3.63, 3.8) is 0 Å². The summed E-state index contributed by atoms with van der Waals surface area (Å²) >= 11 is 0. The normalized spacial score (nSPS) is 20.9. The van der Waals surface area contributed by atoms with E-state index in [0.717, 1.165) is 32.3 Å². The molecule has 2 N–H and O–H groups in total. The van der Waals surface area contributed by atoms with Crippen molar-refractivity contribution < 1.29 is 9.53 Å². The lowest BCUT2D eigenvalue weighted by Crippen LogP contribution is -2.50. The van der Waals surface area contributed by atoms with Gasteiger partial charge in [0.05, 0.1) is 26.3 Å². The number of hydrogen-bond acceptors (Lipinski definition) is 4. The standard InChI is InChI=1S/C18H37N5O2/c1-8-19-17(22(7)12-16(24)21-18(4,5)6)20-11-14(2)23-9-10-25-13-15(23)3/h14-15H,8-13H2,1-7H3,(H,19,20)(H,21,24). The minimum atomic E-state index is -0.228. The molecule has 0 aliphatic carbocycles. The first-order valence-corrected chi connectivity index (χ1v) is 9.28. The Labute approximate surface area is 153 Å². The van der Waals surface area contributed by atoms with Crippen LogP contribution in [0.3, 0.4) is 0 Å². The summed E-state index contributed by atoms with van der Waals surface area (Å²) in [6.45, 7) is 16.6. The maximum absolute atomic E-state index is 12.1. The first kappa shape index (κ1) is 21.7. The van der Waals surface area contributed by atoms with E-state index in [1.165, 1.54) is 0 Å². The van der Waals surface area contributed by atoms with Gasteiger partial charge in [-0.1, -0.05) is 0 Å². The summed E-state index contributed by atoms with van der Waals surface area (Å²) in [6, 6.07) is 0.751. The SMILES string of the molecule is CCNC(=NCC(C)N1CCOCC1C)N(C)CC(=O)NC(C)(C)C. The zero-order valence-electron chi connectivity index (χ0n) is 17.1. The molecule has 1 aliphatic heterocycles. The van der Waals surface area contributed by atoms with E-state index in [4.69, 9.17) is 9.73 Å². The van der Waals surface area contributed by atoms with E-state index >= 15 is 0 Å². The van der Waals surface area contributed by atoms with Gasteiger partial charge in [0.25, 0.3) is 0 Å². The fourth-order valence-corrected chi connectivity index (χ4v) is 2.94. The van der Waals surface area contributed by atoms with Gasteiger partial charge >= 0.3 is 0 Å². The Bertz CT molecular complexity index is 447. The van der Waals surface area contributed by atoms with Crippen LogP contribution in [0.4, 0.5) is 0 Å². The predicted octanol–water partition coefficient (Wildman–Crippen LogP) is 0.908. The van der Waals surface area contributed by atoms with Crippen LogP contribution in [0.15, 0.2) is 4.99 Å². The van der Waals surface area contributed by atoms with Crippen molar-refractivity contribution >= 4 is 11.9 Å². The molecule has 0 aromatic carbocycles. The van der Waals surface area contributed by atoms with Crippen molar-refractivity contribution in [2.24, 2.45) is 4.99 Å². The second-order valence-electron chi connectivity index (χ2n) is 7.86. The Kier molecular flexibility index (Phi) is 8.65. The number of rotatable bonds is 6. The number of aliphatic imine (C=N–C) groups is 1. The molecule has 2 atom stereocenters. The fraction of sp³-hybridized carbons (Fsp3) is 0.889. The van der Waals surface area contributed by atoms with E-state index in [0.29, 0.717) is 18.6 Å². The molecule has 2 unspecified atom stereocenters. The first-order valence-electron chi connectivity index (χ1n) is 9.28. The van der Waals surface area contributed by atoms with E-state index in [9.17, 15) is 4.79 Å². The van der Waals surface area contributed by atoms with Crippen LogP contribution >= 0.6 is 0 Å². The number of carbonyl (C=O) groups excluding carboxylic acids is 1. The number of nitrogens with zero attached hydrogens (tertiary/aromatic N) is 3. The Morgan fingerprint density at radius 3 is 2.68 bits per heavy atom. The van der Waals surface area contributed by atoms with E-state index in [-0.39, 0.29) is 18.0 Å². The number of hydrogen-bond donors (Lipinski definition) is 2. The first-order chi connectivity index (χ1) is 11.6. The molecule has 1 rings (SSSR count). The molecule has 0 radical (unpaired) electrons. The van der Waals surface area contributed by atoms with Gasteiger partial charge in [-0.3, -0.25) is 14.7 Å². The molecular formula is C18H37N5O2. The molecule has 1 heterocycles. The van der Waals surface area contributed by atoms with Crippen LogP contribution in [0.1, 0.15) is 41.5 Å². The van der Waals surface area contributed by atoms with E-state index in [1.54, 1.807) is 0 Å². The smallest absolute Gasteiger partial charge is 0.240 e. The molecule has 7 heteroatoms. The molecular weight excluding hydrogens is 318 g/mol. The Hall–Kier alpha value is -1.34. The summed E-state index contributed by atoms with van der Waals surface area (Å²) in [5.74, 6) is 0.759. The van der Waals surface area contributed by atoms with Gasteiger partial charge in [0.2, 0.25) is 5.91 Å². The molecule has 146 valence electrons. The minimum absolute atomic E-state index is 0.00421. The second-order valence-corrected chi connectivity index (χ2v) is 7.86. The molecule has 1 fully saturated rings. The van der Waals surface area contributed by atoms with Crippen molar-refractivity contribution in [2.45, 2.75) is 59.2 Å². The third kappa shape index (κ3) is 8.05. The van der Waals surface area contributed by atoms with Gasteiger partial charge in [-0.15, -0.1) is 0 Å². The lowest BCUT2D eigenvalue weighted by atomic mass is 10.1. The molecule has 0 spiro atoms. The third-order valence-electron chi connectivity index (χ3n) is 4.08. The second kappa shape index (κ2) is 9.97. The van der Waals surface area contributed by atoms with Gasteiger partial charge in [-0.05, 0) is 41.5 Å². The van der Waals surface area contributed by atoms with Crippen LogP contribution < -0.4 is 10.6 Å². The van der Waals surface area contributed by atoms with Crippen molar-refractivity contribution in [1.82, 2.24) is 20.4 Å². The number of ether oxygens (including phenoxy) is 1. The summed E-state index contributed by atoms with van der Waals surface area (Å²) in [7, 11) is 1.89. The summed E-state index contributed by atoms with van der Waals surface area (Å²) < 4.78 is 5.51. The van der Waals surface area contributed by atoms with Gasteiger partial charge in [-0.2, -0.15) is 0 Å². The van der Waals surface area contributed by atoms with Crippen molar-refractivity contribution in [3.05, 3.63) is 0 Å². The predicted molar refractivity (Wildman–Crippen MR) is 103 cm³/mol. The third-order valence-corrected chi connectivity index (χ3v) is 4.08. The van der Waals surface area contributed by atoms with Gasteiger partial charge in [0.1, 0.15) is 0 Å². The van der Waals surface area contributed by atoms with Crippen LogP contribution in [0.5, 0.6) is 0 Å². The molecule has 0 bridgehead atoms. The fourth-order valence-electron chi connectivity index (χ4n) is 2.94. The summed E-state index contributed by atoms with van der Waals surface area (Å²) in [4.78, 5) is 21.2. The summed E-state index contributed by atoms with van der Waals surface area (Å²) in [5, 5.41) is 6.26. The zero-order valence-corrected chi connectivity index (χ0v) is 17.1. The van der Waals surface area contributed by atoms with Crippen LogP contribution in [-0.2, 0) is 9.53 Å². The number of likely N-dealkylation sites (N-methyl/N-ethyl adjacent to an activating group) is 1. The maximum Gasteiger partial charge on any atom is 0.240 e. The summed E-state index contributed by atoms with van der Waals surface area (Å²) in [5.41, 5.74) is -0.228. The number of morpholine rings is 1. The average molecular weight is 356 g/mol. The quantitative estimate of drug-likeness (QED) is 0.547. The number of amides is 1. The highest BCUT2D eigenvalue weighted by molar-refractivity contribution is 5.86. The van der Waals surface area contributed by atoms with Crippen molar-refractivity contribution in [1.29, 1.82) is 0 Å². The van der Waals surface area contributed by atoms with Crippen molar-refractivity contribution in [2.75, 3.05) is 46.4 Å². The molecule has 0 aromatic heterocycles. The highest BCUT2D eigenvalue weighted by Crippen LogP contribution is 2.11. The lowest BCUT2D eigenvalue weighted by molar-refractivity contribution is -0.122. The molecule has 0 saturated carbocycles. The number of guanidine groups is 1. The molecule has 1 amide bonds. The molecule has 1 saturated heterocycles.